The molecule has 0 aromatic heterocycles. The van der Waals surface area contributed by atoms with Crippen LogP contribution in [0.1, 0.15) is 46.1 Å². The van der Waals surface area contributed by atoms with Gasteiger partial charge in [0.1, 0.15) is 11.6 Å². The molecule has 0 saturated heterocycles. The third kappa shape index (κ3) is 8.33. The van der Waals surface area contributed by atoms with E-state index in [2.05, 4.69) is 5.32 Å². The first-order valence-electron chi connectivity index (χ1n) is 8.37. The maximum absolute atomic E-state index is 12.2. The van der Waals surface area contributed by atoms with Crippen LogP contribution in [0, 0.1) is 5.92 Å². The van der Waals surface area contributed by atoms with Gasteiger partial charge in [0.2, 0.25) is 5.91 Å². The fourth-order valence-corrected chi connectivity index (χ4v) is 2.22. The summed E-state index contributed by atoms with van der Waals surface area (Å²) in [6, 6.07) is 8.11. The fraction of sp³-hybridized carbons (Fsp3) is 0.526. The van der Waals surface area contributed by atoms with Crippen molar-refractivity contribution in [3.05, 3.63) is 35.9 Å². The largest absolute Gasteiger partial charge is 0.480 e. The zero-order valence-corrected chi connectivity index (χ0v) is 15.2. The van der Waals surface area contributed by atoms with Crippen LogP contribution in [0.5, 0.6) is 0 Å². The number of aliphatic carboxylic acids is 1. The van der Waals surface area contributed by atoms with Gasteiger partial charge in [-0.3, -0.25) is 9.59 Å². The van der Waals surface area contributed by atoms with Crippen molar-refractivity contribution >= 4 is 17.8 Å². The third-order valence-corrected chi connectivity index (χ3v) is 3.55. The van der Waals surface area contributed by atoms with E-state index in [-0.39, 0.29) is 24.7 Å². The van der Waals surface area contributed by atoms with E-state index in [1.807, 2.05) is 30.3 Å². The van der Waals surface area contributed by atoms with Crippen molar-refractivity contribution in [2.45, 2.75) is 58.6 Å². The van der Waals surface area contributed by atoms with Crippen molar-refractivity contribution in [2.24, 2.45) is 5.92 Å². The Morgan fingerprint density at radius 2 is 1.76 bits per heavy atom. The quantitative estimate of drug-likeness (QED) is 0.704. The zero-order chi connectivity index (χ0) is 19.0. The summed E-state index contributed by atoms with van der Waals surface area (Å²) in [5, 5.41) is 11.9. The van der Waals surface area contributed by atoms with E-state index in [1.54, 1.807) is 27.7 Å². The molecular weight excluding hydrogens is 322 g/mol. The smallest absolute Gasteiger partial charge is 0.326 e. The van der Waals surface area contributed by atoms with E-state index in [4.69, 9.17) is 4.74 Å². The number of esters is 1. The molecule has 2 atom stereocenters. The van der Waals surface area contributed by atoms with Crippen LogP contribution < -0.4 is 5.32 Å². The molecule has 138 valence electrons. The highest BCUT2D eigenvalue weighted by Crippen LogP contribution is 2.13. The predicted molar refractivity (Wildman–Crippen MR) is 94.0 cm³/mol. The van der Waals surface area contributed by atoms with E-state index < -0.39 is 23.5 Å². The maximum Gasteiger partial charge on any atom is 0.326 e. The van der Waals surface area contributed by atoms with Gasteiger partial charge >= 0.3 is 11.9 Å². The number of hydrogen-bond acceptors (Lipinski definition) is 4. The third-order valence-electron chi connectivity index (χ3n) is 3.55. The molecule has 6 heteroatoms. The van der Waals surface area contributed by atoms with Crippen LogP contribution in [0.4, 0.5) is 0 Å². The Labute approximate surface area is 148 Å². The van der Waals surface area contributed by atoms with Gasteiger partial charge in [-0.15, -0.1) is 0 Å². The number of nitrogens with one attached hydrogen (secondary N) is 1. The summed E-state index contributed by atoms with van der Waals surface area (Å²) in [6.45, 7) is 7.01. The second kappa shape index (κ2) is 9.20. The number of hydrogen-bond donors (Lipinski definition) is 2. The average Bonchev–Trinajstić information content (AvgIpc) is 2.51. The molecule has 0 aliphatic carbocycles. The van der Waals surface area contributed by atoms with E-state index >= 15 is 0 Å². The highest BCUT2D eigenvalue weighted by Gasteiger charge is 2.24. The second-order valence-electron chi connectivity index (χ2n) is 7.12. The number of carbonyl (C=O) groups is 3. The summed E-state index contributed by atoms with van der Waals surface area (Å²) < 4.78 is 5.20. The first-order chi connectivity index (χ1) is 11.6. The molecule has 0 saturated carbocycles. The molecule has 1 rings (SSSR count). The van der Waals surface area contributed by atoms with E-state index in [0.29, 0.717) is 6.42 Å². The summed E-state index contributed by atoms with van der Waals surface area (Å²) >= 11 is 0. The minimum absolute atomic E-state index is 0.113. The lowest BCUT2D eigenvalue weighted by molar-refractivity contribution is -0.155. The van der Waals surface area contributed by atoms with Gasteiger partial charge in [0.05, 0.1) is 0 Å². The van der Waals surface area contributed by atoms with Crippen molar-refractivity contribution < 1.29 is 24.2 Å². The number of carbonyl (C=O) groups excluding carboxylic acids is 2. The molecule has 0 bridgehead atoms. The van der Waals surface area contributed by atoms with Crippen LogP contribution in [-0.4, -0.2) is 34.6 Å². The molecule has 0 spiro atoms. The first-order valence-corrected chi connectivity index (χ1v) is 8.37. The Kier molecular flexibility index (Phi) is 7.61. The van der Waals surface area contributed by atoms with Crippen molar-refractivity contribution in [1.82, 2.24) is 5.32 Å². The SMILES string of the molecule is C[C@@H](CCC(=O)OC(C)(C)C)C(=O)N[C@H](Cc1ccccc1)C(=O)O. The molecule has 0 radical (unpaired) electrons. The minimum atomic E-state index is -1.09. The van der Waals surface area contributed by atoms with Crippen LogP contribution in [0.3, 0.4) is 0 Å². The summed E-state index contributed by atoms with van der Waals surface area (Å²) in [7, 11) is 0. The molecule has 0 unspecified atom stereocenters. The Morgan fingerprint density at radius 3 is 2.28 bits per heavy atom. The highest BCUT2D eigenvalue weighted by atomic mass is 16.6. The van der Waals surface area contributed by atoms with Crippen LogP contribution in [0.25, 0.3) is 0 Å². The monoisotopic (exact) mass is 349 g/mol. The van der Waals surface area contributed by atoms with Crippen molar-refractivity contribution in [3.63, 3.8) is 0 Å². The molecule has 1 amide bonds. The number of carboxylic acid groups (broad SMARTS) is 1. The van der Waals surface area contributed by atoms with Crippen LogP contribution in [0.15, 0.2) is 30.3 Å². The van der Waals surface area contributed by atoms with Crippen LogP contribution in [-0.2, 0) is 25.5 Å². The molecule has 0 fully saturated rings. The molecule has 1 aromatic rings. The lowest BCUT2D eigenvalue weighted by Crippen LogP contribution is -2.44. The number of amides is 1. The van der Waals surface area contributed by atoms with Gasteiger partial charge in [-0.05, 0) is 32.8 Å². The lowest BCUT2D eigenvalue weighted by atomic mass is 10.0. The number of rotatable bonds is 8. The average molecular weight is 349 g/mol. The molecule has 2 N–H and O–H groups in total. The molecule has 0 aliphatic heterocycles. The Morgan fingerprint density at radius 1 is 1.16 bits per heavy atom. The number of benzene rings is 1. The van der Waals surface area contributed by atoms with E-state index in [9.17, 15) is 19.5 Å². The normalized spacial score (nSPS) is 13.6. The maximum atomic E-state index is 12.2. The highest BCUT2D eigenvalue weighted by molar-refractivity contribution is 5.85. The molecule has 25 heavy (non-hydrogen) atoms. The van der Waals surface area contributed by atoms with Crippen LogP contribution >= 0.6 is 0 Å². The Bertz CT molecular complexity index is 592. The first kappa shape index (κ1) is 20.7. The van der Waals surface area contributed by atoms with Gasteiger partial charge in [-0.1, -0.05) is 37.3 Å². The number of ether oxygens (including phenoxy) is 1. The van der Waals surface area contributed by atoms with Gasteiger partial charge < -0.3 is 15.2 Å². The second-order valence-corrected chi connectivity index (χ2v) is 7.12. The lowest BCUT2D eigenvalue weighted by Gasteiger charge is -2.21. The number of carboxylic acids is 1. The fourth-order valence-electron chi connectivity index (χ4n) is 2.22. The Hall–Kier alpha value is -2.37. The van der Waals surface area contributed by atoms with Crippen molar-refractivity contribution in [3.8, 4) is 0 Å². The Balaban J connectivity index is 2.53. The molecule has 0 aliphatic rings. The van der Waals surface area contributed by atoms with E-state index in [0.717, 1.165) is 5.56 Å². The molecule has 0 heterocycles. The molecule has 1 aromatic carbocycles. The minimum Gasteiger partial charge on any atom is -0.480 e. The summed E-state index contributed by atoms with van der Waals surface area (Å²) in [5.74, 6) is -2.32. The summed E-state index contributed by atoms with van der Waals surface area (Å²) in [5.41, 5.74) is 0.267. The summed E-state index contributed by atoms with van der Waals surface area (Å²) in [4.78, 5) is 35.3. The van der Waals surface area contributed by atoms with Gasteiger partial charge in [0.15, 0.2) is 0 Å². The topological polar surface area (TPSA) is 92.7 Å². The summed E-state index contributed by atoms with van der Waals surface area (Å²) in [6.07, 6.45) is 0.626. The molecular formula is C19H27NO5. The van der Waals surface area contributed by atoms with Crippen molar-refractivity contribution in [1.29, 1.82) is 0 Å². The molecule has 6 nitrogen and oxygen atoms in total. The zero-order valence-electron chi connectivity index (χ0n) is 15.2. The predicted octanol–water partition coefficient (Wildman–Crippen LogP) is 2.56. The van der Waals surface area contributed by atoms with Gasteiger partial charge in [0.25, 0.3) is 0 Å². The standard InChI is InChI=1S/C19H27NO5/c1-13(10-11-16(21)25-19(2,3)4)17(22)20-15(18(23)24)12-14-8-6-5-7-9-14/h5-9,13,15H,10-12H2,1-4H3,(H,20,22)(H,23,24)/t13-,15+/m0/s1. The van der Waals surface area contributed by atoms with Crippen molar-refractivity contribution in [2.75, 3.05) is 0 Å². The van der Waals surface area contributed by atoms with Gasteiger partial charge in [0, 0.05) is 18.8 Å². The van der Waals surface area contributed by atoms with Gasteiger partial charge in [-0.25, -0.2) is 4.79 Å². The van der Waals surface area contributed by atoms with E-state index in [1.165, 1.54) is 0 Å². The van der Waals surface area contributed by atoms with Gasteiger partial charge in [-0.2, -0.15) is 0 Å². The van der Waals surface area contributed by atoms with Crippen LogP contribution in [0.2, 0.25) is 0 Å².